The number of esters is 2. The Kier molecular flexibility index (Phi) is 15.4. The zero-order valence-electron chi connectivity index (χ0n) is 24.0. The molecular weight excluding hydrogens is 616 g/mol. The molecule has 1 aromatic carbocycles. The van der Waals surface area contributed by atoms with Crippen molar-refractivity contribution in [3.63, 3.8) is 0 Å². The Balaban J connectivity index is 1.91. The number of nitrogens with zero attached hydrogens (tertiary/aromatic N) is 2. The van der Waals surface area contributed by atoms with Crippen LogP contribution in [0.2, 0.25) is 0 Å². The lowest BCUT2D eigenvalue weighted by Gasteiger charge is -2.13. The number of carbonyl (C=O) groups is 4. The number of fused-ring (bicyclic) bond motifs is 1. The zero-order chi connectivity index (χ0) is 32.5. The van der Waals surface area contributed by atoms with Crippen LogP contribution in [0.3, 0.4) is 0 Å². The van der Waals surface area contributed by atoms with Gasteiger partial charge in [0.2, 0.25) is 0 Å². The van der Waals surface area contributed by atoms with Crippen LogP contribution in [0.5, 0.6) is 11.5 Å². The van der Waals surface area contributed by atoms with E-state index in [9.17, 15) is 29.7 Å². The van der Waals surface area contributed by atoms with Crippen LogP contribution in [0.4, 0.5) is 9.59 Å². The third-order valence-corrected chi connectivity index (χ3v) is 7.54. The first-order valence-corrected chi connectivity index (χ1v) is 14.5. The van der Waals surface area contributed by atoms with E-state index in [0.29, 0.717) is 14.0 Å². The van der Waals surface area contributed by atoms with Gasteiger partial charge in [0.1, 0.15) is 42.4 Å². The van der Waals surface area contributed by atoms with Gasteiger partial charge in [-0.3, -0.25) is 0 Å². The maximum atomic E-state index is 12.4. The first kappa shape index (κ1) is 35.7. The highest BCUT2D eigenvalue weighted by atomic mass is 32.2. The van der Waals surface area contributed by atoms with E-state index in [-0.39, 0.29) is 80.9 Å². The first-order valence-electron chi connectivity index (χ1n) is 12.9. The van der Waals surface area contributed by atoms with Gasteiger partial charge < -0.3 is 39.1 Å². The fourth-order valence-corrected chi connectivity index (χ4v) is 5.35. The number of allylic oxidation sites excluding steroid dienone is 1. The van der Waals surface area contributed by atoms with Gasteiger partial charge in [-0.25, -0.2) is 19.2 Å². The molecule has 16 heteroatoms. The monoisotopic (exact) mass is 646 g/mol. The maximum Gasteiger partial charge on any atom is 0.412 e. The van der Waals surface area contributed by atoms with Crippen LogP contribution < -0.4 is 20.1 Å². The normalized spacial score (nSPS) is 11.2. The van der Waals surface area contributed by atoms with Gasteiger partial charge in [-0.2, -0.15) is 10.5 Å². The molecule has 0 unspecified atom stereocenters. The van der Waals surface area contributed by atoms with Gasteiger partial charge >= 0.3 is 24.1 Å². The molecule has 0 radical (unpaired) electrons. The second-order valence-electron chi connectivity index (χ2n) is 8.50. The van der Waals surface area contributed by atoms with Gasteiger partial charge in [-0.05, 0) is 26.0 Å². The fraction of sp³-hybridized carbons (Fsp3) is 0.357. The molecule has 1 aliphatic rings. The Morgan fingerprint density at radius 3 is 1.50 bits per heavy atom. The minimum Gasteiger partial charge on any atom is -0.460 e. The van der Waals surface area contributed by atoms with Crippen molar-refractivity contribution in [3.05, 3.63) is 46.2 Å². The molecule has 2 N–H and O–H groups in total. The van der Waals surface area contributed by atoms with E-state index in [1.54, 1.807) is 0 Å². The summed E-state index contributed by atoms with van der Waals surface area (Å²) >= 11 is 2.05. The van der Waals surface area contributed by atoms with E-state index in [1.807, 2.05) is 12.1 Å². The SMILES string of the molecule is C=C(C)C(=O)OCCOCCNC(=O)Oc1ccc(OC(=O)NCCOCCOC(=O)C(=C)C)c2c1SC(=C(C#N)C#N)S2. The summed E-state index contributed by atoms with van der Waals surface area (Å²) in [6.07, 6.45) is -1.59. The number of ether oxygens (including phenoxy) is 6. The number of nitrogens with one attached hydrogen (secondary N) is 2. The second kappa shape index (κ2) is 18.9. The number of hydrogen-bond acceptors (Lipinski definition) is 14. The summed E-state index contributed by atoms with van der Waals surface area (Å²) in [5.41, 5.74) is 0.399. The largest absolute Gasteiger partial charge is 0.460 e. The molecule has 0 atom stereocenters. The van der Waals surface area contributed by atoms with Crippen molar-refractivity contribution in [2.45, 2.75) is 23.6 Å². The molecule has 2 amide bonds. The molecule has 0 fully saturated rings. The van der Waals surface area contributed by atoms with E-state index in [1.165, 1.54) is 26.0 Å². The van der Waals surface area contributed by atoms with Crippen LogP contribution in [-0.4, -0.2) is 76.9 Å². The standard InChI is InChI=1S/C28H30N4O10S2/c1-17(2)24(33)39-13-11-37-9-7-31-27(35)41-20-5-6-21(23-22(20)43-26(44-23)19(15-29)16-30)42-28(36)32-8-10-38-12-14-40-25(34)18(3)4/h5-6H,1,3,7-14H2,2,4H3,(H,31,35)(H,32,36). The van der Waals surface area contributed by atoms with Gasteiger partial charge in [-0.1, -0.05) is 36.7 Å². The molecule has 2 rings (SSSR count). The van der Waals surface area contributed by atoms with Crippen LogP contribution in [0, 0.1) is 22.7 Å². The van der Waals surface area contributed by atoms with Crippen molar-refractivity contribution in [1.82, 2.24) is 10.6 Å². The highest BCUT2D eigenvalue weighted by Crippen LogP contribution is 2.58. The number of carbonyl (C=O) groups excluding carboxylic acids is 4. The van der Waals surface area contributed by atoms with Crippen molar-refractivity contribution in [1.29, 1.82) is 10.5 Å². The van der Waals surface area contributed by atoms with E-state index >= 15 is 0 Å². The molecule has 0 aliphatic carbocycles. The lowest BCUT2D eigenvalue weighted by molar-refractivity contribution is -0.141. The van der Waals surface area contributed by atoms with E-state index < -0.39 is 24.1 Å². The maximum absolute atomic E-state index is 12.4. The van der Waals surface area contributed by atoms with Crippen LogP contribution in [0.15, 0.2) is 56.0 Å². The minimum absolute atomic E-state index is 0.0371. The van der Waals surface area contributed by atoms with Crippen molar-refractivity contribution < 1.29 is 47.6 Å². The number of nitriles is 2. The molecule has 0 saturated carbocycles. The van der Waals surface area contributed by atoms with Gasteiger partial charge in [0.15, 0.2) is 0 Å². The minimum atomic E-state index is -0.797. The summed E-state index contributed by atoms with van der Waals surface area (Å²) in [7, 11) is 0. The number of thioether (sulfide) groups is 2. The van der Waals surface area contributed by atoms with E-state index in [0.717, 1.165) is 23.5 Å². The third kappa shape index (κ3) is 12.0. The number of benzene rings is 1. The summed E-state index contributed by atoms with van der Waals surface area (Å²) in [5, 5.41) is 23.7. The van der Waals surface area contributed by atoms with Crippen molar-refractivity contribution >= 4 is 47.6 Å². The van der Waals surface area contributed by atoms with Crippen molar-refractivity contribution in [2.75, 3.05) is 52.7 Å². The smallest absolute Gasteiger partial charge is 0.412 e. The Morgan fingerprint density at radius 2 is 1.14 bits per heavy atom. The Bertz CT molecular complexity index is 1300. The molecule has 1 heterocycles. The van der Waals surface area contributed by atoms with E-state index in [2.05, 4.69) is 23.8 Å². The highest BCUT2D eigenvalue weighted by Gasteiger charge is 2.30. The summed E-state index contributed by atoms with van der Waals surface area (Å²) in [6, 6.07) is 6.46. The van der Waals surface area contributed by atoms with Crippen LogP contribution >= 0.6 is 23.5 Å². The third-order valence-electron chi connectivity index (χ3n) is 4.91. The summed E-state index contributed by atoms with van der Waals surface area (Å²) in [4.78, 5) is 48.2. The first-order chi connectivity index (χ1) is 21.1. The molecule has 234 valence electrons. The predicted octanol–water partition coefficient (Wildman–Crippen LogP) is 3.59. The fourth-order valence-electron chi connectivity index (χ4n) is 2.86. The molecule has 44 heavy (non-hydrogen) atoms. The summed E-state index contributed by atoms with van der Waals surface area (Å²) in [5.74, 6) is -0.817. The number of amides is 2. The number of hydrogen-bond donors (Lipinski definition) is 2. The quantitative estimate of drug-likeness (QED) is 0.114. The second-order valence-corrected chi connectivity index (χ2v) is 10.8. The Labute approximate surface area is 262 Å². The van der Waals surface area contributed by atoms with Gasteiger partial charge in [0, 0.05) is 24.2 Å². The highest BCUT2D eigenvalue weighted by molar-refractivity contribution is 8.24. The molecule has 14 nitrogen and oxygen atoms in total. The molecule has 1 aromatic rings. The molecular formula is C28H30N4O10S2. The average Bonchev–Trinajstić information content (AvgIpc) is 3.43. The Morgan fingerprint density at radius 1 is 0.727 bits per heavy atom. The Hall–Kier alpha value is -4.48. The van der Waals surface area contributed by atoms with Gasteiger partial charge in [0.25, 0.3) is 0 Å². The molecule has 0 saturated heterocycles. The molecule has 1 aliphatic heterocycles. The van der Waals surface area contributed by atoms with Crippen LogP contribution in [0.1, 0.15) is 13.8 Å². The lowest BCUT2D eigenvalue weighted by atomic mass is 10.3. The molecule has 0 bridgehead atoms. The van der Waals surface area contributed by atoms with E-state index in [4.69, 9.17) is 28.4 Å². The van der Waals surface area contributed by atoms with Gasteiger partial charge in [0.05, 0.1) is 40.5 Å². The van der Waals surface area contributed by atoms with Crippen LogP contribution in [0.25, 0.3) is 0 Å². The number of rotatable bonds is 16. The van der Waals surface area contributed by atoms with Crippen molar-refractivity contribution in [2.24, 2.45) is 0 Å². The predicted molar refractivity (Wildman–Crippen MR) is 158 cm³/mol. The molecule has 0 spiro atoms. The molecule has 0 aromatic heterocycles. The van der Waals surface area contributed by atoms with Crippen LogP contribution in [-0.2, 0) is 28.5 Å². The zero-order valence-corrected chi connectivity index (χ0v) is 25.7. The summed E-state index contributed by atoms with van der Waals surface area (Å²) < 4.78 is 31.5. The topological polar surface area (TPSA) is 195 Å². The lowest BCUT2D eigenvalue weighted by Crippen LogP contribution is -2.31. The van der Waals surface area contributed by atoms with Gasteiger partial charge in [-0.15, -0.1) is 0 Å². The van der Waals surface area contributed by atoms with Crippen molar-refractivity contribution in [3.8, 4) is 23.6 Å². The average molecular weight is 647 g/mol. The summed E-state index contributed by atoms with van der Waals surface area (Å²) in [6.45, 7) is 10.8.